The van der Waals surface area contributed by atoms with Crippen LogP contribution < -0.4 is 0 Å². The summed E-state index contributed by atoms with van der Waals surface area (Å²) in [5.41, 5.74) is 2.25. The third-order valence-electron chi connectivity index (χ3n) is 1.96. The molecule has 0 aliphatic rings. The minimum Gasteiger partial charge on any atom is -0.361 e. The summed E-state index contributed by atoms with van der Waals surface area (Å²) in [5.74, 6) is 0. The van der Waals surface area contributed by atoms with Crippen LogP contribution in [0.4, 0.5) is 0 Å². The Labute approximate surface area is 76.2 Å². The average molecular weight is 177 g/mol. The number of hydrogen-bond donors (Lipinski definition) is 1. The van der Waals surface area contributed by atoms with E-state index in [4.69, 9.17) is 4.89 Å². The maximum atomic E-state index is 4.83. The highest BCUT2D eigenvalue weighted by Crippen LogP contribution is 2.14. The molecule has 13 heavy (non-hydrogen) atoms. The monoisotopic (exact) mass is 177 g/mol. The molecule has 0 fully saturated rings. The number of benzene rings is 1. The first-order valence-electron chi connectivity index (χ1n) is 4.12. The molecule has 0 bridgehead atoms. The van der Waals surface area contributed by atoms with E-state index in [2.05, 4.69) is 15.9 Å². The fourth-order valence-corrected chi connectivity index (χ4v) is 1.32. The number of rotatable bonds is 3. The van der Waals surface area contributed by atoms with Crippen LogP contribution in [0.25, 0.3) is 10.9 Å². The van der Waals surface area contributed by atoms with Gasteiger partial charge in [-0.05, 0) is 29.1 Å². The van der Waals surface area contributed by atoms with E-state index in [1.165, 1.54) is 12.5 Å². The van der Waals surface area contributed by atoms with Crippen LogP contribution in [0.1, 0.15) is 5.56 Å². The molecule has 1 aromatic carbocycles. The van der Waals surface area contributed by atoms with Gasteiger partial charge in [-0.15, -0.1) is 0 Å². The minimum atomic E-state index is 0.484. The molecule has 3 nitrogen and oxygen atoms in total. The molecule has 3 heteroatoms. The second-order valence-corrected chi connectivity index (χ2v) is 2.83. The van der Waals surface area contributed by atoms with Crippen molar-refractivity contribution in [2.45, 2.75) is 6.61 Å². The van der Waals surface area contributed by atoms with Gasteiger partial charge in [-0.1, -0.05) is 6.07 Å². The van der Waals surface area contributed by atoms with E-state index in [9.17, 15) is 0 Å². The molecule has 0 amide bonds. The first kappa shape index (κ1) is 8.29. The highest BCUT2D eigenvalue weighted by Gasteiger charge is 1.96. The molecule has 0 saturated carbocycles. The van der Waals surface area contributed by atoms with Crippen molar-refractivity contribution >= 4 is 10.9 Å². The summed E-state index contributed by atoms with van der Waals surface area (Å²) < 4.78 is 0. The van der Waals surface area contributed by atoms with Gasteiger partial charge in [0.05, 0.1) is 7.11 Å². The second-order valence-electron chi connectivity index (χ2n) is 2.83. The standard InChI is InChI=1S/C10H11NO2/c1-12-13-7-8-2-3-10-9(6-8)4-5-11-10/h2-6,11H,7H2,1H3. The maximum Gasteiger partial charge on any atom is 0.107 e. The molecule has 2 aromatic rings. The SMILES string of the molecule is COOCc1ccc2[nH]ccc2c1. The lowest BCUT2D eigenvalue weighted by Gasteiger charge is -2.00. The summed E-state index contributed by atoms with van der Waals surface area (Å²) >= 11 is 0. The van der Waals surface area contributed by atoms with Gasteiger partial charge in [-0.3, -0.25) is 0 Å². The number of fused-ring (bicyclic) bond motifs is 1. The first-order valence-corrected chi connectivity index (χ1v) is 4.12. The summed E-state index contributed by atoms with van der Waals surface area (Å²) in [7, 11) is 1.51. The molecule has 0 radical (unpaired) electrons. The van der Waals surface area contributed by atoms with Crippen molar-refractivity contribution in [1.82, 2.24) is 4.98 Å². The molecule has 1 heterocycles. The summed E-state index contributed by atoms with van der Waals surface area (Å²) in [5, 5.41) is 1.19. The van der Waals surface area contributed by atoms with Crippen molar-refractivity contribution < 1.29 is 9.78 Å². The van der Waals surface area contributed by atoms with Crippen molar-refractivity contribution in [2.24, 2.45) is 0 Å². The summed E-state index contributed by atoms with van der Waals surface area (Å²) in [6, 6.07) is 8.15. The van der Waals surface area contributed by atoms with Crippen LogP contribution >= 0.6 is 0 Å². The molecule has 68 valence electrons. The quantitative estimate of drug-likeness (QED) is 0.576. The van der Waals surface area contributed by atoms with Crippen LogP contribution in [0.3, 0.4) is 0 Å². The zero-order chi connectivity index (χ0) is 9.10. The fourth-order valence-electron chi connectivity index (χ4n) is 1.32. The Kier molecular flexibility index (Phi) is 2.29. The van der Waals surface area contributed by atoms with Gasteiger partial charge >= 0.3 is 0 Å². The molecule has 0 aliphatic carbocycles. The zero-order valence-corrected chi connectivity index (χ0v) is 7.41. The summed E-state index contributed by atoms with van der Waals surface area (Å²) in [4.78, 5) is 12.5. The maximum absolute atomic E-state index is 4.83. The Balaban J connectivity index is 2.26. The zero-order valence-electron chi connectivity index (χ0n) is 7.41. The molecule has 0 aliphatic heterocycles. The molecule has 0 atom stereocenters. The molecule has 2 rings (SSSR count). The van der Waals surface area contributed by atoms with Gasteiger partial charge in [0.25, 0.3) is 0 Å². The van der Waals surface area contributed by atoms with E-state index in [1.54, 1.807) is 0 Å². The highest BCUT2D eigenvalue weighted by molar-refractivity contribution is 5.79. The first-order chi connectivity index (χ1) is 6.40. The van der Waals surface area contributed by atoms with Gasteiger partial charge in [-0.2, -0.15) is 0 Å². The fraction of sp³-hybridized carbons (Fsp3) is 0.200. The lowest BCUT2D eigenvalue weighted by molar-refractivity contribution is -0.282. The van der Waals surface area contributed by atoms with Gasteiger partial charge in [0.1, 0.15) is 6.61 Å². The van der Waals surface area contributed by atoms with E-state index < -0.39 is 0 Å². The number of hydrogen-bond acceptors (Lipinski definition) is 2. The molecule has 1 N–H and O–H groups in total. The molecule has 0 spiro atoms. The average Bonchev–Trinajstić information content (AvgIpc) is 2.61. The van der Waals surface area contributed by atoms with Crippen LogP contribution in [-0.4, -0.2) is 12.1 Å². The Hall–Kier alpha value is -1.32. The minimum absolute atomic E-state index is 0.484. The lowest BCUT2D eigenvalue weighted by atomic mass is 10.2. The molecule has 0 unspecified atom stereocenters. The van der Waals surface area contributed by atoms with E-state index >= 15 is 0 Å². The summed E-state index contributed by atoms with van der Waals surface area (Å²) in [6.07, 6.45) is 1.92. The molecular weight excluding hydrogens is 166 g/mol. The Morgan fingerprint density at radius 1 is 1.31 bits per heavy atom. The molecule has 1 aromatic heterocycles. The van der Waals surface area contributed by atoms with Crippen LogP contribution in [0.15, 0.2) is 30.5 Å². The second kappa shape index (κ2) is 3.60. The van der Waals surface area contributed by atoms with Crippen molar-refractivity contribution in [3.63, 3.8) is 0 Å². The third kappa shape index (κ3) is 1.71. The van der Waals surface area contributed by atoms with E-state index in [0.717, 1.165) is 11.1 Å². The highest BCUT2D eigenvalue weighted by atomic mass is 17.2. The molecular formula is C10H11NO2. The normalized spacial score (nSPS) is 10.8. The van der Waals surface area contributed by atoms with Crippen LogP contribution in [-0.2, 0) is 16.4 Å². The van der Waals surface area contributed by atoms with Crippen LogP contribution in [0.2, 0.25) is 0 Å². The van der Waals surface area contributed by atoms with Gasteiger partial charge in [0, 0.05) is 11.7 Å². The van der Waals surface area contributed by atoms with Crippen molar-refractivity contribution in [3.8, 4) is 0 Å². The van der Waals surface area contributed by atoms with E-state index in [0.29, 0.717) is 6.61 Å². The Morgan fingerprint density at radius 3 is 3.08 bits per heavy atom. The number of aromatic amines is 1. The predicted octanol–water partition coefficient (Wildman–Crippen LogP) is 2.25. The third-order valence-corrected chi connectivity index (χ3v) is 1.96. The van der Waals surface area contributed by atoms with Gasteiger partial charge in [-0.25, -0.2) is 9.78 Å². The topological polar surface area (TPSA) is 34.2 Å². The smallest absolute Gasteiger partial charge is 0.107 e. The molecule has 0 saturated heterocycles. The number of nitrogens with one attached hydrogen (secondary N) is 1. The number of H-pyrrole nitrogens is 1. The predicted molar refractivity (Wildman–Crippen MR) is 50.1 cm³/mol. The lowest BCUT2D eigenvalue weighted by Crippen LogP contribution is -1.90. The van der Waals surface area contributed by atoms with Gasteiger partial charge in [0.2, 0.25) is 0 Å². The van der Waals surface area contributed by atoms with E-state index in [1.807, 2.05) is 24.4 Å². The number of aromatic nitrogens is 1. The van der Waals surface area contributed by atoms with Gasteiger partial charge < -0.3 is 4.98 Å². The van der Waals surface area contributed by atoms with Crippen molar-refractivity contribution in [3.05, 3.63) is 36.0 Å². The van der Waals surface area contributed by atoms with Crippen molar-refractivity contribution in [2.75, 3.05) is 7.11 Å². The Morgan fingerprint density at radius 2 is 2.23 bits per heavy atom. The van der Waals surface area contributed by atoms with Gasteiger partial charge in [0.15, 0.2) is 0 Å². The van der Waals surface area contributed by atoms with E-state index in [-0.39, 0.29) is 0 Å². The Bertz CT molecular complexity index is 394. The van der Waals surface area contributed by atoms with Crippen LogP contribution in [0, 0.1) is 0 Å². The summed E-state index contributed by atoms with van der Waals surface area (Å²) in [6.45, 7) is 0.484. The van der Waals surface area contributed by atoms with Crippen LogP contribution in [0.5, 0.6) is 0 Å². The largest absolute Gasteiger partial charge is 0.361 e. The van der Waals surface area contributed by atoms with Crippen molar-refractivity contribution in [1.29, 1.82) is 0 Å².